The fourth-order valence-corrected chi connectivity index (χ4v) is 3.96. The van der Waals surface area contributed by atoms with Crippen molar-refractivity contribution in [2.45, 2.75) is 31.5 Å². The second-order valence-corrected chi connectivity index (χ2v) is 6.92. The van der Waals surface area contributed by atoms with Gasteiger partial charge in [-0.1, -0.05) is 17.7 Å². The number of ether oxygens (including phenoxy) is 2. The van der Waals surface area contributed by atoms with Crippen LogP contribution in [0.25, 0.3) is 0 Å². The number of rotatable bonds is 4. The first kappa shape index (κ1) is 16.8. The van der Waals surface area contributed by atoms with Gasteiger partial charge in [0.25, 0.3) is 5.91 Å². The largest absolute Gasteiger partial charge is 0.484 e. The highest BCUT2D eigenvalue weighted by Gasteiger charge is 2.44. The molecule has 3 aliphatic rings. The summed E-state index contributed by atoms with van der Waals surface area (Å²) in [5.74, 6) is 0.0429. The standard InChI is InChI=1S/C19H16ClNO5/c20-15-7-10(9-22)1-6-16(15)25-12-3-5-13-11(8-12)2-4-14(13)17-18(23)21-19(24)26-17/h1,5-9,12,14,17H,2-4H2,(H,21,23,24)/t12?,14-,17?/m1/s1. The number of halogens is 1. The van der Waals surface area contributed by atoms with Crippen LogP contribution in [-0.2, 0) is 9.53 Å². The number of cyclic esters (lactones) is 1. The molecule has 0 radical (unpaired) electrons. The minimum atomic E-state index is -0.748. The fourth-order valence-electron chi connectivity index (χ4n) is 3.73. The number of benzene rings is 1. The Morgan fingerprint density at radius 1 is 1.31 bits per heavy atom. The first-order valence-corrected chi connectivity index (χ1v) is 8.77. The lowest BCUT2D eigenvalue weighted by atomic mass is 9.90. The molecule has 1 saturated carbocycles. The van der Waals surface area contributed by atoms with E-state index in [0.29, 0.717) is 22.8 Å². The molecule has 0 bridgehead atoms. The molecule has 1 N–H and O–H groups in total. The fraction of sp³-hybridized carbons (Fsp3) is 0.316. The van der Waals surface area contributed by atoms with Crippen molar-refractivity contribution in [3.05, 3.63) is 52.1 Å². The smallest absolute Gasteiger partial charge is 0.414 e. The maximum Gasteiger partial charge on any atom is 0.414 e. The molecule has 6 nitrogen and oxygen atoms in total. The minimum Gasteiger partial charge on any atom is -0.484 e. The van der Waals surface area contributed by atoms with Crippen LogP contribution in [0.1, 0.15) is 29.6 Å². The van der Waals surface area contributed by atoms with E-state index in [2.05, 4.69) is 5.32 Å². The highest BCUT2D eigenvalue weighted by molar-refractivity contribution is 6.32. The highest BCUT2D eigenvalue weighted by Crippen LogP contribution is 2.43. The molecule has 1 aromatic rings. The van der Waals surface area contributed by atoms with Gasteiger partial charge in [0.15, 0.2) is 6.10 Å². The number of hydrogen-bond acceptors (Lipinski definition) is 5. The van der Waals surface area contributed by atoms with E-state index in [1.165, 1.54) is 0 Å². The van der Waals surface area contributed by atoms with Crippen LogP contribution in [-0.4, -0.2) is 30.5 Å². The molecule has 134 valence electrons. The predicted molar refractivity (Wildman–Crippen MR) is 93.2 cm³/mol. The van der Waals surface area contributed by atoms with Crippen molar-refractivity contribution in [2.75, 3.05) is 0 Å². The molecule has 1 aliphatic heterocycles. The third-order valence-corrected chi connectivity index (χ3v) is 5.20. The van der Waals surface area contributed by atoms with Crippen LogP contribution in [0, 0.1) is 5.92 Å². The van der Waals surface area contributed by atoms with Crippen molar-refractivity contribution < 1.29 is 23.9 Å². The summed E-state index contributed by atoms with van der Waals surface area (Å²) < 4.78 is 11.1. The van der Waals surface area contributed by atoms with E-state index in [1.807, 2.05) is 12.2 Å². The first-order valence-electron chi connectivity index (χ1n) is 8.39. The topological polar surface area (TPSA) is 81.7 Å². The van der Waals surface area contributed by atoms with Crippen LogP contribution >= 0.6 is 11.6 Å². The Kier molecular flexibility index (Phi) is 4.28. The molecule has 2 fully saturated rings. The third-order valence-electron chi connectivity index (χ3n) is 4.91. The zero-order chi connectivity index (χ0) is 18.3. The summed E-state index contributed by atoms with van der Waals surface area (Å²) in [5.41, 5.74) is 2.67. The van der Waals surface area contributed by atoms with E-state index in [4.69, 9.17) is 21.1 Å². The molecule has 4 rings (SSSR count). The Balaban J connectivity index is 1.48. The highest BCUT2D eigenvalue weighted by atomic mass is 35.5. The summed E-state index contributed by atoms with van der Waals surface area (Å²) in [7, 11) is 0. The van der Waals surface area contributed by atoms with Crippen LogP contribution in [0.15, 0.2) is 41.5 Å². The van der Waals surface area contributed by atoms with Gasteiger partial charge in [0.05, 0.1) is 5.02 Å². The number of nitrogens with one attached hydrogen (secondary N) is 1. The molecule has 1 heterocycles. The number of hydrogen-bond donors (Lipinski definition) is 1. The number of aldehydes is 1. The number of fused-ring (bicyclic) bond motifs is 1. The molecule has 2 amide bonds. The van der Waals surface area contributed by atoms with Gasteiger partial charge in [-0.05, 0) is 48.3 Å². The second-order valence-electron chi connectivity index (χ2n) is 6.51. The van der Waals surface area contributed by atoms with Crippen LogP contribution in [0.5, 0.6) is 5.75 Å². The molecule has 1 aromatic carbocycles. The maximum atomic E-state index is 11.9. The molecule has 0 spiro atoms. The number of carbonyl (C=O) groups excluding carboxylic acids is 3. The molecule has 7 heteroatoms. The minimum absolute atomic E-state index is 0.107. The SMILES string of the molecule is O=Cc1ccc(OC2C=C3CC[C@@H](C4OC(=O)NC4=O)C3=CC2)c(Cl)c1. The van der Waals surface area contributed by atoms with Crippen molar-refractivity contribution in [1.82, 2.24) is 5.32 Å². The third kappa shape index (κ3) is 3.01. The normalized spacial score (nSPS) is 27.2. The average Bonchev–Trinajstić information content (AvgIpc) is 3.18. The van der Waals surface area contributed by atoms with Crippen molar-refractivity contribution in [3.8, 4) is 5.75 Å². The average molecular weight is 374 g/mol. The van der Waals surface area contributed by atoms with E-state index in [9.17, 15) is 14.4 Å². The number of amides is 2. The quantitative estimate of drug-likeness (QED) is 0.819. The van der Waals surface area contributed by atoms with Crippen LogP contribution in [0.2, 0.25) is 5.02 Å². The van der Waals surface area contributed by atoms with Crippen LogP contribution < -0.4 is 10.1 Å². The summed E-state index contributed by atoms with van der Waals surface area (Å²) >= 11 is 6.16. The predicted octanol–water partition coefficient (Wildman–Crippen LogP) is 3.20. The lowest BCUT2D eigenvalue weighted by molar-refractivity contribution is -0.124. The van der Waals surface area contributed by atoms with Gasteiger partial charge in [0, 0.05) is 17.9 Å². The van der Waals surface area contributed by atoms with E-state index < -0.39 is 12.2 Å². The van der Waals surface area contributed by atoms with Gasteiger partial charge in [-0.3, -0.25) is 14.9 Å². The van der Waals surface area contributed by atoms with E-state index in [1.54, 1.807) is 18.2 Å². The Labute approximate surface area is 154 Å². The molecular formula is C19H16ClNO5. The number of alkyl carbamates (subject to hydrolysis) is 1. The Morgan fingerprint density at radius 2 is 2.15 bits per heavy atom. The lowest BCUT2D eigenvalue weighted by Gasteiger charge is -2.23. The van der Waals surface area contributed by atoms with Crippen molar-refractivity contribution in [2.24, 2.45) is 5.92 Å². The Hall–Kier alpha value is -2.60. The van der Waals surface area contributed by atoms with Crippen molar-refractivity contribution in [1.29, 1.82) is 0 Å². The number of imide groups is 1. The molecule has 2 unspecified atom stereocenters. The monoisotopic (exact) mass is 373 g/mol. The van der Waals surface area contributed by atoms with E-state index in [0.717, 1.165) is 30.3 Å². The Bertz CT molecular complexity index is 859. The van der Waals surface area contributed by atoms with E-state index >= 15 is 0 Å². The first-order chi connectivity index (χ1) is 12.5. The molecule has 1 saturated heterocycles. The summed E-state index contributed by atoms with van der Waals surface area (Å²) in [6.07, 6.45) is 5.40. The van der Waals surface area contributed by atoms with Crippen molar-refractivity contribution >= 4 is 29.9 Å². The van der Waals surface area contributed by atoms with Gasteiger partial charge < -0.3 is 9.47 Å². The van der Waals surface area contributed by atoms with Gasteiger partial charge in [-0.25, -0.2) is 4.79 Å². The van der Waals surface area contributed by atoms with Gasteiger partial charge in [0.1, 0.15) is 18.1 Å². The van der Waals surface area contributed by atoms with E-state index in [-0.39, 0.29) is 17.9 Å². The van der Waals surface area contributed by atoms with Gasteiger partial charge in [-0.15, -0.1) is 0 Å². The number of carbonyl (C=O) groups is 3. The maximum absolute atomic E-state index is 11.9. The van der Waals surface area contributed by atoms with Crippen LogP contribution in [0.4, 0.5) is 4.79 Å². The van der Waals surface area contributed by atoms with Gasteiger partial charge in [0.2, 0.25) is 0 Å². The zero-order valence-corrected chi connectivity index (χ0v) is 14.5. The second kappa shape index (κ2) is 6.61. The van der Waals surface area contributed by atoms with Gasteiger partial charge >= 0.3 is 6.09 Å². The summed E-state index contributed by atoms with van der Waals surface area (Å²) in [6, 6.07) is 4.91. The summed E-state index contributed by atoms with van der Waals surface area (Å²) in [5, 5.41) is 2.58. The summed E-state index contributed by atoms with van der Waals surface area (Å²) in [4.78, 5) is 33.9. The van der Waals surface area contributed by atoms with Crippen molar-refractivity contribution in [3.63, 3.8) is 0 Å². The Morgan fingerprint density at radius 3 is 2.85 bits per heavy atom. The lowest BCUT2D eigenvalue weighted by Crippen LogP contribution is -2.31. The molecule has 3 atom stereocenters. The molecule has 2 aliphatic carbocycles. The zero-order valence-electron chi connectivity index (χ0n) is 13.7. The number of allylic oxidation sites excluding steroid dienone is 1. The summed E-state index contributed by atoms with van der Waals surface area (Å²) in [6.45, 7) is 0. The molecule has 0 aromatic heterocycles. The van der Waals surface area contributed by atoms with Gasteiger partial charge in [-0.2, -0.15) is 0 Å². The molecular weight excluding hydrogens is 358 g/mol. The van der Waals surface area contributed by atoms with Crippen LogP contribution in [0.3, 0.4) is 0 Å². The molecule has 26 heavy (non-hydrogen) atoms.